The Morgan fingerprint density at radius 2 is 1.94 bits per heavy atom. The minimum absolute atomic E-state index is 0.00866. The van der Waals surface area contributed by atoms with Gasteiger partial charge in [0.25, 0.3) is 0 Å². The van der Waals surface area contributed by atoms with Crippen molar-refractivity contribution in [2.75, 3.05) is 20.2 Å². The van der Waals surface area contributed by atoms with E-state index in [0.29, 0.717) is 42.1 Å². The molecule has 0 spiro atoms. The van der Waals surface area contributed by atoms with Gasteiger partial charge in [-0.3, -0.25) is 19.3 Å². The number of likely N-dealkylation sites (tertiary alicyclic amines) is 1. The number of hydrogen-bond acceptors (Lipinski definition) is 6. The number of aromatic nitrogens is 3. The molecule has 1 fully saturated rings. The highest BCUT2D eigenvalue weighted by Gasteiger charge is 2.31. The van der Waals surface area contributed by atoms with E-state index in [-0.39, 0.29) is 17.6 Å². The van der Waals surface area contributed by atoms with Crippen molar-refractivity contribution >= 4 is 35.2 Å². The number of thiophene rings is 1. The minimum atomic E-state index is -0.475. The van der Waals surface area contributed by atoms with Crippen molar-refractivity contribution in [2.45, 2.75) is 25.8 Å². The molecule has 2 aromatic heterocycles. The molecule has 1 atom stereocenters. The van der Waals surface area contributed by atoms with E-state index in [9.17, 15) is 9.59 Å². The third-order valence-electron chi connectivity index (χ3n) is 5.74. The summed E-state index contributed by atoms with van der Waals surface area (Å²) in [6.45, 7) is 2.95. The van der Waals surface area contributed by atoms with Crippen LogP contribution < -0.4 is 4.74 Å². The highest BCUT2D eigenvalue weighted by atomic mass is 32.1. The number of carbonyl (C=O) groups is 2. The molecule has 1 amide bonds. The molecule has 162 valence electrons. The van der Waals surface area contributed by atoms with Gasteiger partial charge in [0, 0.05) is 24.6 Å². The number of methoxy groups -OCH3 is 1. The van der Waals surface area contributed by atoms with Gasteiger partial charge in [-0.25, -0.2) is 0 Å². The lowest BCUT2D eigenvalue weighted by Gasteiger charge is -2.33. The Balaban J connectivity index is 1.42. The molecule has 1 unspecified atom stereocenters. The zero-order chi connectivity index (χ0) is 22.0. The Morgan fingerprint density at radius 1 is 1.23 bits per heavy atom. The molecule has 0 bridgehead atoms. The van der Waals surface area contributed by atoms with E-state index < -0.39 is 6.04 Å². The van der Waals surface area contributed by atoms with Crippen LogP contribution in [-0.2, 0) is 4.79 Å². The van der Waals surface area contributed by atoms with Crippen LogP contribution in [0.1, 0.15) is 36.2 Å². The number of aromatic amines is 1. The molecule has 3 aromatic rings. The van der Waals surface area contributed by atoms with Gasteiger partial charge in [0.1, 0.15) is 11.8 Å². The minimum Gasteiger partial charge on any atom is -0.497 e. The first-order chi connectivity index (χ1) is 15.0. The summed E-state index contributed by atoms with van der Waals surface area (Å²) in [4.78, 5) is 28.8. The highest BCUT2D eigenvalue weighted by molar-refractivity contribution is 7.71. The Bertz CT molecular complexity index is 1110. The number of hydrogen-bond donors (Lipinski definition) is 1. The first-order valence-electron chi connectivity index (χ1n) is 10.2. The van der Waals surface area contributed by atoms with Gasteiger partial charge >= 0.3 is 0 Å². The van der Waals surface area contributed by atoms with E-state index >= 15 is 0 Å². The van der Waals surface area contributed by atoms with Gasteiger partial charge in [0.15, 0.2) is 16.4 Å². The lowest BCUT2D eigenvalue weighted by atomic mass is 9.88. The fraction of sp³-hybridized carbons (Fsp3) is 0.364. The lowest BCUT2D eigenvalue weighted by molar-refractivity contribution is -0.135. The zero-order valence-electron chi connectivity index (χ0n) is 17.4. The fourth-order valence-corrected chi connectivity index (χ4v) is 4.97. The molecule has 1 saturated heterocycles. The number of Topliss-reactive ketones (excluding diaryl/α,β-unsaturated/α-hetero) is 1. The average molecular weight is 457 g/mol. The van der Waals surface area contributed by atoms with E-state index in [4.69, 9.17) is 17.0 Å². The third kappa shape index (κ3) is 4.33. The molecule has 4 rings (SSSR count). The van der Waals surface area contributed by atoms with Crippen LogP contribution in [0, 0.1) is 10.7 Å². The van der Waals surface area contributed by atoms with Gasteiger partial charge in [-0.2, -0.15) is 5.10 Å². The molecule has 0 aliphatic carbocycles. The van der Waals surface area contributed by atoms with Gasteiger partial charge in [0.05, 0.1) is 12.0 Å². The summed E-state index contributed by atoms with van der Waals surface area (Å²) in [6.07, 6.45) is 1.30. The van der Waals surface area contributed by atoms with Gasteiger partial charge in [-0.1, -0.05) is 6.07 Å². The summed E-state index contributed by atoms with van der Waals surface area (Å²) in [7, 11) is 1.60. The summed E-state index contributed by atoms with van der Waals surface area (Å²) in [6, 6.07) is 10.6. The molecule has 0 saturated carbocycles. The first-order valence-corrected chi connectivity index (χ1v) is 11.5. The Hall–Kier alpha value is -2.78. The van der Waals surface area contributed by atoms with E-state index in [1.54, 1.807) is 47.3 Å². The maximum Gasteiger partial charge on any atom is 0.245 e. The van der Waals surface area contributed by atoms with Crippen molar-refractivity contribution in [3.8, 4) is 16.5 Å². The fourth-order valence-electron chi connectivity index (χ4n) is 3.97. The standard InChI is InChI=1S/C22H24N4O3S2/c1-14(26-20(23-24-22(26)30)18-4-3-13-31-18)21(28)25-11-9-16(10-12-25)19(27)15-5-7-17(29-2)8-6-15/h3-8,13-14,16H,9-12H2,1-2H3,(H,24,30). The van der Waals surface area contributed by atoms with Crippen LogP contribution in [0.15, 0.2) is 41.8 Å². The number of amides is 1. The second-order valence-corrected chi connectivity index (χ2v) is 8.90. The van der Waals surface area contributed by atoms with Crippen molar-refractivity contribution < 1.29 is 14.3 Å². The van der Waals surface area contributed by atoms with E-state index in [1.165, 1.54) is 0 Å². The SMILES string of the molecule is COc1ccc(C(=O)C2CCN(C(=O)C(C)n3c(-c4cccs4)n[nH]c3=S)CC2)cc1. The highest BCUT2D eigenvalue weighted by Crippen LogP contribution is 2.28. The predicted molar refractivity (Wildman–Crippen MR) is 122 cm³/mol. The van der Waals surface area contributed by atoms with Crippen molar-refractivity contribution in [1.82, 2.24) is 19.7 Å². The Labute approximate surface area is 189 Å². The summed E-state index contributed by atoms with van der Waals surface area (Å²) in [5.74, 6) is 1.44. The van der Waals surface area contributed by atoms with Crippen LogP contribution in [0.25, 0.3) is 10.7 Å². The van der Waals surface area contributed by atoms with Crippen LogP contribution in [0.3, 0.4) is 0 Å². The third-order valence-corrected chi connectivity index (χ3v) is 6.90. The second-order valence-electron chi connectivity index (χ2n) is 7.57. The number of ketones is 1. The van der Waals surface area contributed by atoms with Crippen LogP contribution in [0.4, 0.5) is 0 Å². The van der Waals surface area contributed by atoms with E-state index in [2.05, 4.69) is 10.2 Å². The molecule has 3 heterocycles. The monoisotopic (exact) mass is 456 g/mol. The van der Waals surface area contributed by atoms with Gasteiger partial charge in [0.2, 0.25) is 5.91 Å². The molecular formula is C22H24N4O3S2. The lowest BCUT2D eigenvalue weighted by Crippen LogP contribution is -2.43. The molecule has 1 aromatic carbocycles. The van der Waals surface area contributed by atoms with Gasteiger partial charge in [-0.05, 0) is 67.7 Å². The second kappa shape index (κ2) is 9.15. The molecule has 7 nitrogen and oxygen atoms in total. The zero-order valence-corrected chi connectivity index (χ0v) is 19.0. The Morgan fingerprint density at radius 3 is 2.55 bits per heavy atom. The topological polar surface area (TPSA) is 80.2 Å². The smallest absolute Gasteiger partial charge is 0.245 e. The van der Waals surface area contributed by atoms with E-state index in [1.807, 2.05) is 29.3 Å². The first kappa shape index (κ1) is 21.5. The number of carbonyl (C=O) groups excluding carboxylic acids is 2. The summed E-state index contributed by atoms with van der Waals surface area (Å²) in [5, 5.41) is 9.10. The number of nitrogens with one attached hydrogen (secondary N) is 1. The molecule has 1 aliphatic heterocycles. The van der Waals surface area contributed by atoms with Crippen molar-refractivity contribution in [1.29, 1.82) is 0 Å². The Kier molecular flexibility index (Phi) is 6.33. The predicted octanol–water partition coefficient (Wildman–Crippen LogP) is 4.36. The molecule has 9 heteroatoms. The number of piperidine rings is 1. The van der Waals surface area contributed by atoms with Crippen molar-refractivity contribution in [2.24, 2.45) is 5.92 Å². The maximum absolute atomic E-state index is 13.2. The van der Waals surface area contributed by atoms with Crippen LogP contribution in [0.5, 0.6) is 5.75 Å². The average Bonchev–Trinajstić information content (AvgIpc) is 3.47. The summed E-state index contributed by atoms with van der Waals surface area (Å²) in [5.41, 5.74) is 0.684. The largest absolute Gasteiger partial charge is 0.497 e. The molecule has 1 aliphatic rings. The van der Waals surface area contributed by atoms with Gasteiger partial charge < -0.3 is 9.64 Å². The van der Waals surface area contributed by atoms with Crippen LogP contribution >= 0.6 is 23.6 Å². The van der Waals surface area contributed by atoms with Crippen LogP contribution in [-0.4, -0.2) is 51.6 Å². The quantitative estimate of drug-likeness (QED) is 0.440. The number of ether oxygens (including phenoxy) is 1. The molecule has 31 heavy (non-hydrogen) atoms. The number of nitrogens with zero attached hydrogens (tertiary/aromatic N) is 3. The normalized spacial score (nSPS) is 15.6. The number of H-pyrrole nitrogens is 1. The van der Waals surface area contributed by atoms with Gasteiger partial charge in [-0.15, -0.1) is 11.3 Å². The van der Waals surface area contributed by atoms with E-state index in [0.717, 1.165) is 10.6 Å². The molecule has 1 N–H and O–H groups in total. The number of rotatable bonds is 6. The number of benzene rings is 1. The van der Waals surface area contributed by atoms with Crippen molar-refractivity contribution in [3.05, 3.63) is 52.1 Å². The summed E-state index contributed by atoms with van der Waals surface area (Å²) >= 11 is 6.95. The van der Waals surface area contributed by atoms with Crippen LogP contribution in [0.2, 0.25) is 0 Å². The molecule has 0 radical (unpaired) electrons. The van der Waals surface area contributed by atoms with Crippen molar-refractivity contribution in [3.63, 3.8) is 0 Å². The summed E-state index contributed by atoms with van der Waals surface area (Å²) < 4.78 is 7.36. The molecular weight excluding hydrogens is 432 g/mol. The maximum atomic E-state index is 13.2.